The third-order valence-corrected chi connectivity index (χ3v) is 3.12. The molecule has 20 heavy (non-hydrogen) atoms. The third-order valence-electron chi connectivity index (χ3n) is 3.12. The largest absolute Gasteiger partial charge is 0.481 e. The number of pyridine rings is 1. The second-order valence-corrected chi connectivity index (χ2v) is 4.51. The zero-order valence-electron chi connectivity index (χ0n) is 12.3. The zero-order chi connectivity index (χ0) is 14.5. The first-order valence-corrected chi connectivity index (χ1v) is 6.41. The first kappa shape index (κ1) is 14.3. The normalized spacial score (nSPS) is 10.6. The van der Waals surface area contributed by atoms with Crippen LogP contribution >= 0.6 is 0 Å². The molecule has 2 aromatic heterocycles. The van der Waals surface area contributed by atoms with Crippen LogP contribution in [-0.2, 0) is 20.1 Å². The van der Waals surface area contributed by atoms with Crippen molar-refractivity contribution in [2.75, 3.05) is 14.2 Å². The summed E-state index contributed by atoms with van der Waals surface area (Å²) in [6, 6.07) is 3.88. The van der Waals surface area contributed by atoms with Gasteiger partial charge in [0, 0.05) is 32.4 Å². The molecule has 108 valence electrons. The van der Waals surface area contributed by atoms with E-state index in [1.165, 1.54) is 0 Å². The van der Waals surface area contributed by atoms with Crippen molar-refractivity contribution in [1.82, 2.24) is 20.1 Å². The quantitative estimate of drug-likeness (QED) is 0.865. The number of nitrogens with one attached hydrogen (secondary N) is 1. The van der Waals surface area contributed by atoms with E-state index < -0.39 is 0 Å². The van der Waals surface area contributed by atoms with Crippen LogP contribution in [0.3, 0.4) is 0 Å². The van der Waals surface area contributed by atoms with Crippen molar-refractivity contribution >= 4 is 0 Å². The molecule has 0 amide bonds. The molecule has 6 nitrogen and oxygen atoms in total. The molecule has 6 heteroatoms. The fraction of sp³-hybridized carbons (Fsp3) is 0.429. The third kappa shape index (κ3) is 3.08. The molecule has 0 spiro atoms. The molecule has 0 aromatic carbocycles. The Morgan fingerprint density at radius 1 is 1.25 bits per heavy atom. The summed E-state index contributed by atoms with van der Waals surface area (Å²) in [5, 5.41) is 7.74. The van der Waals surface area contributed by atoms with E-state index in [2.05, 4.69) is 15.4 Å². The summed E-state index contributed by atoms with van der Waals surface area (Å²) in [7, 11) is 5.15. The van der Waals surface area contributed by atoms with Gasteiger partial charge in [0.05, 0.1) is 25.5 Å². The Morgan fingerprint density at radius 2 is 2.05 bits per heavy atom. The minimum Gasteiger partial charge on any atom is -0.481 e. The van der Waals surface area contributed by atoms with E-state index >= 15 is 0 Å². The fourth-order valence-electron chi connectivity index (χ4n) is 2.14. The summed E-state index contributed by atoms with van der Waals surface area (Å²) < 4.78 is 12.2. The van der Waals surface area contributed by atoms with Crippen molar-refractivity contribution in [2.45, 2.75) is 20.0 Å². The summed E-state index contributed by atoms with van der Waals surface area (Å²) in [5.41, 5.74) is 3.18. The molecule has 0 unspecified atom stereocenters. The van der Waals surface area contributed by atoms with E-state index in [9.17, 15) is 0 Å². The maximum absolute atomic E-state index is 5.37. The number of aromatic nitrogens is 3. The highest BCUT2D eigenvalue weighted by Gasteiger charge is 2.12. The van der Waals surface area contributed by atoms with Crippen molar-refractivity contribution in [3.05, 3.63) is 35.2 Å². The Labute approximate surface area is 118 Å². The van der Waals surface area contributed by atoms with Crippen LogP contribution < -0.4 is 14.8 Å². The van der Waals surface area contributed by atoms with Crippen LogP contribution in [-0.4, -0.2) is 29.0 Å². The van der Waals surface area contributed by atoms with Crippen LogP contribution in [0.2, 0.25) is 0 Å². The number of aryl methyl sites for hydroxylation is 2. The highest BCUT2D eigenvalue weighted by Crippen LogP contribution is 2.20. The van der Waals surface area contributed by atoms with Gasteiger partial charge in [-0.05, 0) is 18.6 Å². The Hall–Kier alpha value is -2.08. The van der Waals surface area contributed by atoms with Gasteiger partial charge in [-0.1, -0.05) is 0 Å². The van der Waals surface area contributed by atoms with Gasteiger partial charge in [-0.2, -0.15) is 5.10 Å². The van der Waals surface area contributed by atoms with Crippen LogP contribution in [0.4, 0.5) is 0 Å². The van der Waals surface area contributed by atoms with Gasteiger partial charge in [-0.25, -0.2) is 9.67 Å². The lowest BCUT2D eigenvalue weighted by atomic mass is 10.2. The van der Waals surface area contributed by atoms with Crippen molar-refractivity contribution in [2.24, 2.45) is 7.05 Å². The SMILES string of the molecule is COc1cc(CNCc2c(C)nn(C)c2OC)ccn1. The lowest BCUT2D eigenvalue weighted by Gasteiger charge is -2.07. The monoisotopic (exact) mass is 276 g/mol. The molecule has 0 aliphatic rings. The van der Waals surface area contributed by atoms with Crippen molar-refractivity contribution in [3.63, 3.8) is 0 Å². The smallest absolute Gasteiger partial charge is 0.216 e. The second-order valence-electron chi connectivity index (χ2n) is 4.51. The number of ether oxygens (including phenoxy) is 2. The fourth-order valence-corrected chi connectivity index (χ4v) is 2.14. The highest BCUT2D eigenvalue weighted by molar-refractivity contribution is 5.31. The minimum atomic E-state index is 0.624. The van der Waals surface area contributed by atoms with E-state index in [0.717, 1.165) is 29.2 Å². The van der Waals surface area contributed by atoms with Gasteiger partial charge in [0.25, 0.3) is 0 Å². The maximum Gasteiger partial charge on any atom is 0.216 e. The Bertz CT molecular complexity index is 581. The summed E-state index contributed by atoms with van der Waals surface area (Å²) >= 11 is 0. The Balaban J connectivity index is 1.99. The van der Waals surface area contributed by atoms with Gasteiger partial charge < -0.3 is 14.8 Å². The van der Waals surface area contributed by atoms with Gasteiger partial charge in [-0.15, -0.1) is 0 Å². The van der Waals surface area contributed by atoms with Crippen LogP contribution in [0.15, 0.2) is 18.3 Å². The average molecular weight is 276 g/mol. The maximum atomic E-state index is 5.37. The average Bonchev–Trinajstić information content (AvgIpc) is 2.73. The molecule has 1 N–H and O–H groups in total. The minimum absolute atomic E-state index is 0.624. The molecule has 2 aromatic rings. The highest BCUT2D eigenvalue weighted by atomic mass is 16.5. The molecular weight excluding hydrogens is 256 g/mol. The Kier molecular flexibility index (Phi) is 4.57. The summed E-state index contributed by atoms with van der Waals surface area (Å²) in [6.07, 6.45) is 1.74. The van der Waals surface area contributed by atoms with Crippen LogP contribution in [0.1, 0.15) is 16.8 Å². The molecule has 0 saturated heterocycles. The number of nitrogens with zero attached hydrogens (tertiary/aromatic N) is 3. The van der Waals surface area contributed by atoms with Gasteiger partial charge in [0.15, 0.2) is 0 Å². The predicted molar refractivity (Wildman–Crippen MR) is 75.8 cm³/mol. The second kappa shape index (κ2) is 6.38. The molecule has 0 aliphatic carbocycles. The molecule has 0 atom stereocenters. The number of rotatable bonds is 6. The molecule has 0 saturated carbocycles. The van der Waals surface area contributed by atoms with Gasteiger partial charge in [-0.3, -0.25) is 0 Å². The van der Waals surface area contributed by atoms with E-state index in [4.69, 9.17) is 9.47 Å². The first-order valence-electron chi connectivity index (χ1n) is 6.41. The summed E-state index contributed by atoms with van der Waals surface area (Å²) in [6.45, 7) is 3.42. The van der Waals surface area contributed by atoms with Crippen molar-refractivity contribution < 1.29 is 9.47 Å². The van der Waals surface area contributed by atoms with Gasteiger partial charge in [0.1, 0.15) is 0 Å². The molecule has 0 radical (unpaired) electrons. The van der Waals surface area contributed by atoms with Crippen LogP contribution in [0.25, 0.3) is 0 Å². The lowest BCUT2D eigenvalue weighted by molar-refractivity contribution is 0.368. The van der Waals surface area contributed by atoms with E-state index in [1.807, 2.05) is 26.1 Å². The molecule has 2 rings (SSSR count). The molecule has 2 heterocycles. The standard InChI is InChI=1S/C14H20N4O2/c1-10-12(14(20-4)18(2)17-10)9-15-8-11-5-6-16-13(7-11)19-3/h5-7,15H,8-9H2,1-4H3. The molecular formula is C14H20N4O2. The number of methoxy groups -OCH3 is 2. The zero-order valence-corrected chi connectivity index (χ0v) is 12.3. The lowest BCUT2D eigenvalue weighted by Crippen LogP contribution is -2.14. The topological polar surface area (TPSA) is 61.2 Å². The Morgan fingerprint density at radius 3 is 2.75 bits per heavy atom. The number of hydrogen-bond donors (Lipinski definition) is 1. The summed E-state index contributed by atoms with van der Waals surface area (Å²) in [4.78, 5) is 4.09. The molecule has 0 aliphatic heterocycles. The molecule has 0 fully saturated rings. The van der Waals surface area contributed by atoms with Gasteiger partial charge >= 0.3 is 0 Å². The van der Waals surface area contributed by atoms with Crippen molar-refractivity contribution in [1.29, 1.82) is 0 Å². The van der Waals surface area contributed by atoms with E-state index in [-0.39, 0.29) is 0 Å². The number of hydrogen-bond acceptors (Lipinski definition) is 5. The van der Waals surface area contributed by atoms with Gasteiger partial charge in [0.2, 0.25) is 11.8 Å². The van der Waals surface area contributed by atoms with E-state index in [0.29, 0.717) is 12.4 Å². The molecule has 0 bridgehead atoms. The van der Waals surface area contributed by atoms with Crippen LogP contribution in [0.5, 0.6) is 11.8 Å². The van der Waals surface area contributed by atoms with E-state index in [1.54, 1.807) is 25.1 Å². The first-order chi connectivity index (χ1) is 9.65. The van der Waals surface area contributed by atoms with Crippen molar-refractivity contribution in [3.8, 4) is 11.8 Å². The summed E-state index contributed by atoms with van der Waals surface area (Å²) in [5.74, 6) is 1.42. The predicted octanol–water partition coefficient (Wildman–Crippen LogP) is 1.43. The van der Waals surface area contributed by atoms with Crippen LogP contribution in [0, 0.1) is 6.92 Å².